The highest BCUT2D eigenvalue weighted by atomic mass is 16.1. The highest BCUT2D eigenvalue weighted by Crippen LogP contribution is 2.19. The van der Waals surface area contributed by atoms with Gasteiger partial charge in [-0.3, -0.25) is 9.78 Å². The topological polar surface area (TPSA) is 42.0 Å². The average Bonchev–Trinajstić information content (AvgIpc) is 2.61. The van der Waals surface area contributed by atoms with Gasteiger partial charge in [0, 0.05) is 31.1 Å². The maximum absolute atomic E-state index is 11.2. The maximum atomic E-state index is 11.2. The molecule has 0 fully saturated rings. The van der Waals surface area contributed by atoms with Crippen LogP contribution in [0.3, 0.4) is 0 Å². The molecule has 1 heterocycles. The fraction of sp³-hybridized carbons (Fsp3) is 0.100. The second kappa shape index (κ2) is 6.88. The number of aromatic nitrogens is 1. The summed E-state index contributed by atoms with van der Waals surface area (Å²) in [6.45, 7) is 0. The lowest BCUT2D eigenvalue weighted by Crippen LogP contribution is -2.13. The number of likely N-dealkylation sites (N-methyl/N-ethyl adjacent to an activating group) is 1. The van der Waals surface area contributed by atoms with Crippen LogP contribution in [0, 0.1) is 0 Å². The Morgan fingerprint density at radius 2 is 1.87 bits per heavy atom. The number of hydrogen-bond acceptors (Lipinski definition) is 2. The monoisotopic (exact) mass is 302 g/mol. The van der Waals surface area contributed by atoms with E-state index in [2.05, 4.69) is 34.6 Å². The lowest BCUT2D eigenvalue weighted by atomic mass is 10.0. The molecular weight excluding hydrogens is 284 g/mol. The molecule has 0 unspecified atom stereocenters. The summed E-state index contributed by atoms with van der Waals surface area (Å²) in [4.78, 5) is 15.7. The van der Waals surface area contributed by atoms with Crippen LogP contribution in [-0.4, -0.2) is 17.9 Å². The minimum Gasteiger partial charge on any atom is -0.356 e. The van der Waals surface area contributed by atoms with Crippen molar-refractivity contribution in [3.63, 3.8) is 0 Å². The molecule has 2 aromatic carbocycles. The smallest absolute Gasteiger partial charge is 0.243 e. The highest BCUT2D eigenvalue weighted by molar-refractivity contribution is 5.91. The third-order valence-electron chi connectivity index (χ3n) is 3.78. The molecule has 23 heavy (non-hydrogen) atoms. The zero-order valence-electron chi connectivity index (χ0n) is 13.0. The van der Waals surface area contributed by atoms with Crippen molar-refractivity contribution in [3.8, 4) is 0 Å². The first kappa shape index (κ1) is 15.0. The first-order valence-corrected chi connectivity index (χ1v) is 7.57. The van der Waals surface area contributed by atoms with E-state index in [9.17, 15) is 4.79 Å². The van der Waals surface area contributed by atoms with Crippen molar-refractivity contribution in [2.45, 2.75) is 6.42 Å². The minimum atomic E-state index is -0.103. The average molecular weight is 302 g/mol. The predicted molar refractivity (Wildman–Crippen MR) is 94.1 cm³/mol. The Morgan fingerprint density at radius 3 is 2.65 bits per heavy atom. The van der Waals surface area contributed by atoms with Crippen LogP contribution in [0.2, 0.25) is 0 Å². The van der Waals surface area contributed by atoms with Gasteiger partial charge in [-0.15, -0.1) is 0 Å². The van der Waals surface area contributed by atoms with E-state index in [4.69, 9.17) is 0 Å². The number of nitrogens with one attached hydrogen (secondary N) is 1. The van der Waals surface area contributed by atoms with E-state index in [1.54, 1.807) is 13.1 Å². The zero-order chi connectivity index (χ0) is 16.1. The first-order chi connectivity index (χ1) is 11.3. The molecule has 3 rings (SSSR count). The molecule has 0 atom stereocenters. The molecule has 114 valence electrons. The van der Waals surface area contributed by atoms with Gasteiger partial charge in [0.25, 0.3) is 0 Å². The van der Waals surface area contributed by atoms with Gasteiger partial charge in [0.15, 0.2) is 0 Å². The summed E-state index contributed by atoms with van der Waals surface area (Å²) in [7, 11) is 1.62. The fourth-order valence-corrected chi connectivity index (χ4v) is 2.52. The van der Waals surface area contributed by atoms with Crippen molar-refractivity contribution in [2.75, 3.05) is 7.05 Å². The minimum absolute atomic E-state index is 0.103. The molecule has 3 heteroatoms. The number of fused-ring (bicyclic) bond motifs is 1. The Bertz CT molecular complexity index is 846. The van der Waals surface area contributed by atoms with Crippen LogP contribution in [0.5, 0.6) is 0 Å². The zero-order valence-corrected chi connectivity index (χ0v) is 13.0. The SMILES string of the molecule is CNC(=O)C=Cc1ccc(Cc2nccc3ccccc23)cc1. The largest absolute Gasteiger partial charge is 0.356 e. The van der Waals surface area contributed by atoms with E-state index >= 15 is 0 Å². The molecule has 0 saturated carbocycles. The summed E-state index contributed by atoms with van der Waals surface area (Å²) in [5, 5.41) is 4.97. The van der Waals surface area contributed by atoms with Gasteiger partial charge in [-0.2, -0.15) is 0 Å². The van der Waals surface area contributed by atoms with Crippen molar-refractivity contribution in [1.29, 1.82) is 0 Å². The molecule has 0 aliphatic rings. The van der Waals surface area contributed by atoms with Gasteiger partial charge >= 0.3 is 0 Å². The number of carbonyl (C=O) groups excluding carboxylic acids is 1. The molecule has 0 aliphatic carbocycles. The Kier molecular flexibility index (Phi) is 4.48. The Hall–Kier alpha value is -2.94. The molecule has 0 radical (unpaired) electrons. The highest BCUT2D eigenvalue weighted by Gasteiger charge is 2.03. The molecule has 3 nitrogen and oxygen atoms in total. The third-order valence-corrected chi connectivity index (χ3v) is 3.78. The van der Waals surface area contributed by atoms with Crippen LogP contribution in [0.15, 0.2) is 66.9 Å². The number of benzene rings is 2. The standard InChI is InChI=1S/C20H18N2O/c1-21-20(23)11-10-15-6-8-16(9-7-15)14-19-18-5-3-2-4-17(18)12-13-22-19/h2-13H,14H2,1H3,(H,21,23). The van der Waals surface area contributed by atoms with E-state index in [-0.39, 0.29) is 5.91 Å². The van der Waals surface area contributed by atoms with Crippen LogP contribution in [0.4, 0.5) is 0 Å². The molecule has 0 bridgehead atoms. The number of rotatable bonds is 4. The molecule has 0 saturated heterocycles. The van der Waals surface area contributed by atoms with Gasteiger partial charge in [-0.05, 0) is 28.7 Å². The van der Waals surface area contributed by atoms with Crippen LogP contribution in [0.1, 0.15) is 16.8 Å². The number of amides is 1. The molecule has 1 aromatic heterocycles. The lowest BCUT2D eigenvalue weighted by molar-refractivity contribution is -0.115. The maximum Gasteiger partial charge on any atom is 0.243 e. The predicted octanol–water partition coefficient (Wildman–Crippen LogP) is 3.58. The Morgan fingerprint density at radius 1 is 1.09 bits per heavy atom. The van der Waals surface area contributed by atoms with E-state index in [1.807, 2.05) is 36.5 Å². The summed E-state index contributed by atoms with van der Waals surface area (Å²) in [6, 6.07) is 18.5. The summed E-state index contributed by atoms with van der Waals surface area (Å²) in [5.74, 6) is -0.103. The number of carbonyl (C=O) groups is 1. The second-order valence-electron chi connectivity index (χ2n) is 5.34. The van der Waals surface area contributed by atoms with Crippen molar-refractivity contribution >= 4 is 22.8 Å². The van der Waals surface area contributed by atoms with Crippen molar-refractivity contribution in [1.82, 2.24) is 10.3 Å². The van der Waals surface area contributed by atoms with Crippen LogP contribution in [-0.2, 0) is 11.2 Å². The summed E-state index contributed by atoms with van der Waals surface area (Å²) < 4.78 is 0. The third kappa shape index (κ3) is 3.64. The molecule has 1 amide bonds. The normalized spacial score (nSPS) is 11.0. The van der Waals surface area contributed by atoms with Crippen molar-refractivity contribution in [3.05, 3.63) is 83.7 Å². The second-order valence-corrected chi connectivity index (χ2v) is 5.34. The van der Waals surface area contributed by atoms with Gasteiger partial charge in [-0.1, -0.05) is 48.5 Å². The van der Waals surface area contributed by atoms with Crippen LogP contribution < -0.4 is 5.32 Å². The summed E-state index contributed by atoms with van der Waals surface area (Å²) in [6.07, 6.45) is 5.99. The molecule has 1 N–H and O–H groups in total. The molecule has 0 spiro atoms. The first-order valence-electron chi connectivity index (χ1n) is 7.57. The Labute approximate surface area is 135 Å². The summed E-state index contributed by atoms with van der Waals surface area (Å²) >= 11 is 0. The molecule has 3 aromatic rings. The van der Waals surface area contributed by atoms with E-state index < -0.39 is 0 Å². The van der Waals surface area contributed by atoms with Gasteiger partial charge in [-0.25, -0.2) is 0 Å². The van der Waals surface area contributed by atoms with E-state index in [0.717, 1.165) is 17.7 Å². The van der Waals surface area contributed by atoms with Crippen LogP contribution in [0.25, 0.3) is 16.8 Å². The number of pyridine rings is 1. The van der Waals surface area contributed by atoms with Crippen molar-refractivity contribution in [2.24, 2.45) is 0 Å². The summed E-state index contributed by atoms with van der Waals surface area (Å²) in [5.41, 5.74) is 3.28. The van der Waals surface area contributed by atoms with Gasteiger partial charge < -0.3 is 5.32 Å². The van der Waals surface area contributed by atoms with Gasteiger partial charge in [0.2, 0.25) is 5.91 Å². The number of nitrogens with zero attached hydrogens (tertiary/aromatic N) is 1. The Balaban J connectivity index is 1.80. The van der Waals surface area contributed by atoms with E-state index in [0.29, 0.717) is 0 Å². The molecular formula is C20H18N2O. The van der Waals surface area contributed by atoms with Crippen molar-refractivity contribution < 1.29 is 4.79 Å². The van der Waals surface area contributed by atoms with Crippen LogP contribution >= 0.6 is 0 Å². The van der Waals surface area contributed by atoms with Gasteiger partial charge in [0.1, 0.15) is 0 Å². The lowest BCUT2D eigenvalue weighted by Gasteiger charge is -2.06. The number of hydrogen-bond donors (Lipinski definition) is 1. The van der Waals surface area contributed by atoms with Gasteiger partial charge in [0.05, 0.1) is 5.69 Å². The fourth-order valence-electron chi connectivity index (χ4n) is 2.52. The quantitative estimate of drug-likeness (QED) is 0.748. The van der Waals surface area contributed by atoms with E-state index in [1.165, 1.54) is 22.4 Å². The molecule has 0 aliphatic heterocycles.